The van der Waals surface area contributed by atoms with Gasteiger partial charge in [0, 0.05) is 7.11 Å². The van der Waals surface area contributed by atoms with Crippen LogP contribution in [0.2, 0.25) is 0 Å². The second-order valence-electron chi connectivity index (χ2n) is 11.2. The number of fused-ring (bicyclic) bond motifs is 1. The van der Waals surface area contributed by atoms with Crippen LogP contribution in [-0.2, 0) is 28.9 Å². The second-order valence-corrected chi connectivity index (χ2v) is 12.3. The Morgan fingerprint density at radius 1 is 0.940 bits per heavy atom. The molecule has 6 rings (SSSR count). The number of benzene rings is 3. The smallest absolute Gasteiger partial charge is 0.278 e. The van der Waals surface area contributed by atoms with Gasteiger partial charge in [-0.05, 0) is 41.0 Å². The number of nitrogens with two attached hydrogens (primary N) is 1. The fraction of sp³-hybridized carbons (Fsp3) is 0.314. The van der Waals surface area contributed by atoms with E-state index < -0.39 is 44.2 Å². The summed E-state index contributed by atoms with van der Waals surface area (Å²) < 4.78 is 44.3. The summed E-state index contributed by atoms with van der Waals surface area (Å²) in [5.41, 5.74) is 7.73. The highest BCUT2D eigenvalue weighted by atomic mass is 31.2. The molecular formula is C35H37N6O8P. The molecule has 1 saturated heterocycles. The minimum Gasteiger partial charge on any atom is -0.497 e. The van der Waals surface area contributed by atoms with Gasteiger partial charge in [0.15, 0.2) is 17.4 Å². The van der Waals surface area contributed by atoms with Gasteiger partial charge in [-0.3, -0.25) is 14.9 Å². The number of H-pyrrole nitrogens is 1. The van der Waals surface area contributed by atoms with Gasteiger partial charge in [-0.25, -0.2) is 9.97 Å². The third kappa shape index (κ3) is 6.98. The zero-order valence-electron chi connectivity index (χ0n) is 27.7. The number of nitrogens with zero attached hydrogens (tertiary/aromatic N) is 4. The molecule has 50 heavy (non-hydrogen) atoms. The first-order valence-electron chi connectivity index (χ1n) is 15.7. The molecule has 0 radical (unpaired) electrons. The van der Waals surface area contributed by atoms with Gasteiger partial charge in [0.05, 0.1) is 52.6 Å². The summed E-state index contributed by atoms with van der Waals surface area (Å²) in [6, 6.07) is 27.3. The van der Waals surface area contributed by atoms with E-state index in [0.717, 1.165) is 16.7 Å². The molecule has 1 aliphatic rings. The lowest BCUT2D eigenvalue weighted by Gasteiger charge is -2.37. The summed E-state index contributed by atoms with van der Waals surface area (Å²) in [6.45, 7) is 0.0788. The van der Waals surface area contributed by atoms with Crippen LogP contribution < -0.4 is 20.5 Å². The van der Waals surface area contributed by atoms with Crippen molar-refractivity contribution in [1.82, 2.24) is 19.5 Å². The van der Waals surface area contributed by atoms with Crippen molar-refractivity contribution in [3.8, 4) is 17.6 Å². The van der Waals surface area contributed by atoms with E-state index in [9.17, 15) is 4.79 Å². The molecule has 260 valence electrons. The van der Waals surface area contributed by atoms with Gasteiger partial charge in [-0.2, -0.15) is 5.26 Å². The molecule has 1 aliphatic heterocycles. The first-order valence-corrected chi connectivity index (χ1v) is 17.0. The standard InChI is InChI=1S/C35H37N6O8P/c1-43-26-14-10-24(11-15-26)35(23-8-5-4-6-9-23,25-12-16-27(44-2)17-13-25)46-20-28-30(49-50(37)47-19-7-18-36)31(45-3)34(48-28)41-22-40-29-32(41)38-21-39-33(29)42/h4-6,8-17,21-22,28,30-31,34H,7,19-20,37H2,1-3H3,(H,38,39,42)/t28-,30-,31-,34-,50?/m1/s1. The van der Waals surface area contributed by atoms with Gasteiger partial charge >= 0.3 is 0 Å². The summed E-state index contributed by atoms with van der Waals surface area (Å²) >= 11 is 0. The highest BCUT2D eigenvalue weighted by Crippen LogP contribution is 2.45. The first-order chi connectivity index (χ1) is 24.4. The van der Waals surface area contributed by atoms with Crippen molar-refractivity contribution >= 4 is 19.7 Å². The molecule has 2 aromatic heterocycles. The Morgan fingerprint density at radius 3 is 2.18 bits per heavy atom. The van der Waals surface area contributed by atoms with E-state index in [4.69, 9.17) is 43.5 Å². The summed E-state index contributed by atoms with van der Waals surface area (Å²) in [7, 11) is 2.81. The van der Waals surface area contributed by atoms with Crippen molar-refractivity contribution in [2.75, 3.05) is 34.5 Å². The van der Waals surface area contributed by atoms with Crippen LogP contribution in [0.15, 0.2) is 96.3 Å². The SMILES string of the molecule is COc1ccc(C(OC[C@H]2O[C@@H](n3cnc4c(=O)[nH]cnc43)[C@H](OC)[C@@H]2OP(N)OCCC#N)(c2ccccc2)c2ccc(OC)cc2)cc1. The monoisotopic (exact) mass is 700 g/mol. The van der Waals surface area contributed by atoms with Gasteiger partial charge in [0.1, 0.15) is 35.4 Å². The highest BCUT2D eigenvalue weighted by molar-refractivity contribution is 7.44. The number of nitrogens with one attached hydrogen (secondary N) is 1. The molecule has 3 heterocycles. The number of ether oxygens (including phenoxy) is 5. The maximum atomic E-state index is 12.5. The quantitative estimate of drug-likeness (QED) is 0.0886. The number of aromatic nitrogens is 4. The van der Waals surface area contributed by atoms with Gasteiger partial charge in [-0.15, -0.1) is 0 Å². The summed E-state index contributed by atoms with van der Waals surface area (Å²) in [4.78, 5) is 23.7. The predicted molar refractivity (Wildman–Crippen MR) is 183 cm³/mol. The number of rotatable bonds is 15. The fourth-order valence-electron chi connectivity index (χ4n) is 6.11. The third-order valence-electron chi connectivity index (χ3n) is 8.49. The molecule has 1 fully saturated rings. The van der Waals surface area contributed by atoms with E-state index in [1.807, 2.05) is 84.9 Å². The Balaban J connectivity index is 1.43. The van der Waals surface area contributed by atoms with Crippen LogP contribution in [-0.4, -0.2) is 72.4 Å². The molecule has 14 nitrogen and oxygen atoms in total. The molecular weight excluding hydrogens is 663 g/mol. The van der Waals surface area contributed by atoms with E-state index in [0.29, 0.717) is 17.1 Å². The van der Waals surface area contributed by atoms with Crippen molar-refractivity contribution in [1.29, 1.82) is 5.26 Å². The fourth-order valence-corrected chi connectivity index (χ4v) is 6.93. The molecule has 0 spiro atoms. The van der Waals surface area contributed by atoms with E-state index in [1.165, 1.54) is 19.8 Å². The summed E-state index contributed by atoms with van der Waals surface area (Å²) in [5, 5.41) is 9.00. The van der Waals surface area contributed by atoms with Crippen molar-refractivity contribution in [3.05, 3.63) is 119 Å². The molecule has 3 N–H and O–H groups in total. The molecule has 3 aromatic carbocycles. The Labute approximate surface area is 289 Å². The minimum atomic E-state index is -1.95. The average molecular weight is 701 g/mol. The van der Waals surface area contributed by atoms with Crippen molar-refractivity contribution in [2.45, 2.75) is 36.6 Å². The normalized spacial score (nSPS) is 19.7. The first kappa shape index (κ1) is 35.1. The number of hydrogen-bond acceptors (Lipinski definition) is 12. The van der Waals surface area contributed by atoms with Crippen LogP contribution in [0.4, 0.5) is 0 Å². The molecule has 0 bridgehead atoms. The topological polar surface area (TPSA) is 178 Å². The largest absolute Gasteiger partial charge is 0.497 e. The highest BCUT2D eigenvalue weighted by Gasteiger charge is 2.50. The zero-order valence-corrected chi connectivity index (χ0v) is 28.6. The third-order valence-corrected chi connectivity index (χ3v) is 9.38. The molecule has 5 atom stereocenters. The van der Waals surface area contributed by atoms with E-state index in [-0.39, 0.29) is 25.2 Å². The van der Waals surface area contributed by atoms with Crippen LogP contribution in [0.25, 0.3) is 11.2 Å². The molecule has 0 amide bonds. The summed E-state index contributed by atoms with van der Waals surface area (Å²) in [6.07, 6.45) is -0.277. The maximum absolute atomic E-state index is 12.5. The van der Waals surface area contributed by atoms with Gasteiger partial charge in [0.2, 0.25) is 0 Å². The second kappa shape index (κ2) is 15.9. The number of hydrogen-bond donors (Lipinski definition) is 2. The lowest BCUT2D eigenvalue weighted by atomic mass is 9.80. The van der Waals surface area contributed by atoms with Gasteiger partial charge < -0.3 is 37.7 Å². The number of imidazole rings is 1. The van der Waals surface area contributed by atoms with Crippen LogP contribution in [0.3, 0.4) is 0 Å². The Hall–Kier alpha value is -4.71. The zero-order chi connectivity index (χ0) is 35.1. The van der Waals surface area contributed by atoms with Crippen molar-refractivity contribution < 1.29 is 32.7 Å². The lowest BCUT2D eigenvalue weighted by molar-refractivity contribution is -0.0933. The average Bonchev–Trinajstić information content (AvgIpc) is 3.74. The lowest BCUT2D eigenvalue weighted by Crippen LogP contribution is -2.41. The summed E-state index contributed by atoms with van der Waals surface area (Å²) in [5.74, 6) is 1.38. The number of methoxy groups -OCH3 is 3. The van der Waals surface area contributed by atoms with E-state index >= 15 is 0 Å². The molecule has 5 aromatic rings. The van der Waals surface area contributed by atoms with Crippen LogP contribution >= 0.6 is 8.53 Å². The minimum absolute atomic E-state index is 0.0179. The number of nitriles is 1. The van der Waals surface area contributed by atoms with Gasteiger partial charge in [0.25, 0.3) is 14.1 Å². The predicted octanol–water partition coefficient (Wildman–Crippen LogP) is 4.56. The Bertz CT molecular complexity index is 1900. The van der Waals surface area contributed by atoms with E-state index in [1.54, 1.807) is 18.8 Å². The van der Waals surface area contributed by atoms with Gasteiger partial charge in [-0.1, -0.05) is 54.6 Å². The van der Waals surface area contributed by atoms with Crippen LogP contribution in [0.5, 0.6) is 11.5 Å². The van der Waals surface area contributed by atoms with Crippen LogP contribution in [0.1, 0.15) is 29.3 Å². The molecule has 0 saturated carbocycles. The van der Waals surface area contributed by atoms with Crippen molar-refractivity contribution in [2.24, 2.45) is 5.50 Å². The molecule has 15 heteroatoms. The Kier molecular flexibility index (Phi) is 11.2. The van der Waals surface area contributed by atoms with Crippen LogP contribution in [0, 0.1) is 11.3 Å². The molecule has 0 aliphatic carbocycles. The maximum Gasteiger partial charge on any atom is 0.278 e. The molecule has 1 unspecified atom stereocenters. The Morgan fingerprint density at radius 2 is 1.58 bits per heavy atom. The van der Waals surface area contributed by atoms with Crippen molar-refractivity contribution in [3.63, 3.8) is 0 Å². The van der Waals surface area contributed by atoms with E-state index in [2.05, 4.69) is 15.0 Å². The number of aromatic amines is 1.